The first-order chi connectivity index (χ1) is 47.9. The third-order valence-corrected chi connectivity index (χ3v) is 23.2. The Labute approximate surface area is 610 Å². The van der Waals surface area contributed by atoms with Gasteiger partial charge in [-0.2, -0.15) is 0 Å². The van der Waals surface area contributed by atoms with E-state index in [9.17, 15) is 0 Å². The molecule has 0 bridgehead atoms. The van der Waals surface area contributed by atoms with Crippen LogP contribution >= 0.6 is 0 Å². The van der Waals surface area contributed by atoms with Crippen LogP contribution in [-0.4, -0.2) is 0 Å². The van der Waals surface area contributed by atoms with Gasteiger partial charge in [-0.1, -0.05) is 596 Å². The van der Waals surface area contributed by atoms with Gasteiger partial charge in [0, 0.05) is 0 Å². The monoisotopic (exact) mass is 1340 g/mol. The fourth-order valence-corrected chi connectivity index (χ4v) is 16.2. The molecule has 570 valence electrons. The van der Waals surface area contributed by atoms with Crippen LogP contribution in [0.25, 0.3) is 0 Å². The molecule has 0 heterocycles. The van der Waals surface area contributed by atoms with Gasteiger partial charge in [-0.3, -0.25) is 0 Å². The highest BCUT2D eigenvalue weighted by Crippen LogP contribution is 2.23. The van der Waals surface area contributed by atoms with E-state index in [1.807, 2.05) is 0 Å². The minimum absolute atomic E-state index is 1.26. The molecule has 1 rings (SSSR count). The third kappa shape index (κ3) is 83.9. The van der Waals surface area contributed by atoms with Crippen LogP contribution in [-0.2, 0) is 6.42 Å². The molecule has 0 amide bonds. The van der Waals surface area contributed by atoms with Gasteiger partial charge in [0.2, 0.25) is 0 Å². The number of hydrogen-bond acceptors (Lipinski definition) is 0. The van der Waals surface area contributed by atoms with Gasteiger partial charge in [0.1, 0.15) is 0 Å². The summed E-state index contributed by atoms with van der Waals surface area (Å²) in [6.45, 7) is 2.32. The minimum Gasteiger partial charge on any atom is -0.0654 e. The molecule has 1 aromatic rings. The van der Waals surface area contributed by atoms with E-state index in [1.165, 1.54) is 577 Å². The number of hydrogen-bond donors (Lipinski definition) is 0. The fraction of sp³-hybridized carbons (Fsp3) is 0.938. The summed E-state index contributed by atoms with van der Waals surface area (Å²) in [6.07, 6.45) is 132. The molecule has 0 nitrogen and oxygen atoms in total. The predicted molar refractivity (Wildman–Crippen MR) is 442 cm³/mol. The lowest BCUT2D eigenvalue weighted by molar-refractivity contribution is 0.505. The van der Waals surface area contributed by atoms with E-state index in [0.717, 1.165) is 0 Å². The zero-order chi connectivity index (χ0) is 68.0. The lowest BCUT2D eigenvalue weighted by Gasteiger charge is -2.05. The summed E-state index contributed by atoms with van der Waals surface area (Å²) in [5, 5.41) is 0. The van der Waals surface area contributed by atoms with Crippen molar-refractivity contribution in [2.24, 2.45) is 0 Å². The van der Waals surface area contributed by atoms with E-state index in [2.05, 4.69) is 37.3 Å². The summed E-state index contributed by atoms with van der Waals surface area (Å²) in [5.74, 6) is 0. The summed E-state index contributed by atoms with van der Waals surface area (Å²) in [5.41, 5.74) is 1.51. The van der Waals surface area contributed by atoms with Gasteiger partial charge in [-0.25, -0.2) is 0 Å². The van der Waals surface area contributed by atoms with E-state index in [0.29, 0.717) is 0 Å². The Balaban J connectivity index is 1.58. The van der Waals surface area contributed by atoms with Crippen LogP contribution in [0.2, 0.25) is 0 Å². The Bertz CT molecular complexity index is 1430. The van der Waals surface area contributed by atoms with Crippen LogP contribution in [0.1, 0.15) is 578 Å². The van der Waals surface area contributed by atoms with E-state index in [-0.39, 0.29) is 0 Å². The molecule has 0 unspecified atom stereocenters. The highest BCUT2D eigenvalue weighted by molar-refractivity contribution is 5.14. The Morgan fingerprint density at radius 2 is 0.208 bits per heavy atom. The molecule has 0 spiro atoms. The van der Waals surface area contributed by atoms with Crippen molar-refractivity contribution in [2.45, 2.75) is 578 Å². The molecular weight excluding hydrogens is 1150 g/mol. The fourth-order valence-electron chi connectivity index (χ4n) is 16.2. The van der Waals surface area contributed by atoms with Gasteiger partial charge in [0.25, 0.3) is 0 Å². The summed E-state index contributed by atoms with van der Waals surface area (Å²) < 4.78 is 0. The molecule has 0 aromatic heterocycles. The zero-order valence-corrected chi connectivity index (χ0v) is 67.3. The van der Waals surface area contributed by atoms with Crippen molar-refractivity contribution in [3.63, 3.8) is 0 Å². The third-order valence-electron chi connectivity index (χ3n) is 23.2. The molecular formula is C96H186. The van der Waals surface area contributed by atoms with E-state index >= 15 is 0 Å². The predicted octanol–water partition coefficient (Wildman–Crippen LogP) is 36.6. The average Bonchev–Trinajstić information content (AvgIpc) is 3.73. The van der Waals surface area contributed by atoms with Crippen molar-refractivity contribution >= 4 is 0 Å². The van der Waals surface area contributed by atoms with Gasteiger partial charge < -0.3 is 0 Å². The topological polar surface area (TPSA) is 0 Å². The molecule has 0 aliphatic carbocycles. The molecule has 0 radical (unpaired) electrons. The van der Waals surface area contributed by atoms with Crippen LogP contribution < -0.4 is 0 Å². The Hall–Kier alpha value is -0.780. The van der Waals surface area contributed by atoms with Crippen molar-refractivity contribution in [2.75, 3.05) is 0 Å². The SMILES string of the molecule is CCCCCCCCCCCCCCCCCCCCCCCCCCCCCCCCCCCCCCCCCCCCCCCCCCCCCCCCCCCCCCCCCCCCCCCCCCCCCCCCCCCCCCCCCCc1ccccc1. The highest BCUT2D eigenvalue weighted by atomic mass is 14.1. The molecule has 0 fully saturated rings. The van der Waals surface area contributed by atoms with E-state index in [4.69, 9.17) is 0 Å². The lowest BCUT2D eigenvalue weighted by atomic mass is 10.0. The first-order valence-electron chi connectivity index (χ1n) is 47.0. The van der Waals surface area contributed by atoms with Crippen molar-refractivity contribution in [1.29, 1.82) is 0 Å². The maximum Gasteiger partial charge on any atom is -0.0279 e. The molecule has 0 atom stereocenters. The van der Waals surface area contributed by atoms with Gasteiger partial charge >= 0.3 is 0 Å². The molecule has 0 heteroatoms. The Morgan fingerprint density at radius 3 is 0.312 bits per heavy atom. The van der Waals surface area contributed by atoms with Crippen molar-refractivity contribution < 1.29 is 0 Å². The smallest absolute Gasteiger partial charge is 0.0279 e. The Morgan fingerprint density at radius 1 is 0.115 bits per heavy atom. The molecule has 0 saturated heterocycles. The van der Waals surface area contributed by atoms with Crippen LogP contribution in [0, 0.1) is 0 Å². The second-order valence-corrected chi connectivity index (χ2v) is 33.0. The second-order valence-electron chi connectivity index (χ2n) is 33.0. The number of rotatable bonds is 89. The Kier molecular flexibility index (Phi) is 85.9. The molecule has 0 saturated carbocycles. The number of aryl methyl sites for hydroxylation is 1. The van der Waals surface area contributed by atoms with Crippen LogP contribution in [0.5, 0.6) is 0 Å². The average molecular weight is 1340 g/mol. The molecule has 1 aromatic carbocycles. The quantitative estimate of drug-likeness (QED) is 0.0570. The molecule has 0 aliphatic heterocycles. The molecule has 96 heavy (non-hydrogen) atoms. The standard InChI is InChI=1S/C96H186/c1-2-3-4-5-6-7-8-9-10-11-12-13-14-15-16-17-18-19-20-21-22-23-24-25-26-27-28-29-30-31-32-33-34-35-36-37-38-39-40-41-42-43-44-45-46-47-48-49-50-51-52-53-54-55-56-57-58-59-60-61-62-63-64-65-66-67-68-69-70-71-72-73-74-75-76-77-78-79-80-81-82-83-84-85-86-87-88-90-93-96-94-91-89-92-95-96/h89,91-92,94-95H,2-88,90,93H2,1H3. The summed E-state index contributed by atoms with van der Waals surface area (Å²) in [4.78, 5) is 0. The van der Waals surface area contributed by atoms with Crippen LogP contribution in [0.4, 0.5) is 0 Å². The van der Waals surface area contributed by atoms with Crippen LogP contribution in [0.3, 0.4) is 0 Å². The van der Waals surface area contributed by atoms with Gasteiger partial charge in [-0.05, 0) is 18.4 Å². The van der Waals surface area contributed by atoms with E-state index < -0.39 is 0 Å². The molecule has 0 N–H and O–H groups in total. The van der Waals surface area contributed by atoms with E-state index in [1.54, 1.807) is 0 Å². The van der Waals surface area contributed by atoms with Crippen molar-refractivity contribution in [1.82, 2.24) is 0 Å². The van der Waals surface area contributed by atoms with Crippen LogP contribution in [0.15, 0.2) is 30.3 Å². The summed E-state index contributed by atoms with van der Waals surface area (Å²) >= 11 is 0. The van der Waals surface area contributed by atoms with Gasteiger partial charge in [0.15, 0.2) is 0 Å². The number of unbranched alkanes of at least 4 members (excludes halogenated alkanes) is 87. The molecule has 0 aliphatic rings. The number of benzene rings is 1. The lowest BCUT2D eigenvalue weighted by Crippen LogP contribution is -1.86. The first kappa shape index (κ1) is 93.2. The maximum absolute atomic E-state index is 2.32. The summed E-state index contributed by atoms with van der Waals surface area (Å²) in [7, 11) is 0. The zero-order valence-electron chi connectivity index (χ0n) is 67.3. The van der Waals surface area contributed by atoms with Gasteiger partial charge in [-0.15, -0.1) is 0 Å². The highest BCUT2D eigenvalue weighted by Gasteiger charge is 2.03. The maximum atomic E-state index is 2.32. The van der Waals surface area contributed by atoms with Crippen molar-refractivity contribution in [3.05, 3.63) is 35.9 Å². The minimum atomic E-state index is 1.26. The van der Waals surface area contributed by atoms with Crippen molar-refractivity contribution in [3.8, 4) is 0 Å². The largest absolute Gasteiger partial charge is 0.0654 e. The summed E-state index contributed by atoms with van der Waals surface area (Å²) in [6, 6.07) is 11.0. The van der Waals surface area contributed by atoms with Gasteiger partial charge in [0.05, 0.1) is 0 Å². The second kappa shape index (κ2) is 88.4. The normalized spacial score (nSPS) is 11.8. The first-order valence-corrected chi connectivity index (χ1v) is 47.0.